The van der Waals surface area contributed by atoms with Crippen LogP contribution in [0.15, 0.2) is 255 Å². The second-order valence-corrected chi connectivity index (χ2v) is 16.1. The Morgan fingerprint density at radius 3 is 1.18 bits per heavy atom. The molecule has 0 spiro atoms. The Morgan fingerprint density at radius 1 is 0.323 bits per heavy atom. The standard InChI is InChI=1S/C61H51N/c1-7-19-47(20-8-1)43-56(51-23-11-3-12-24-51)44-49-31-35-53(36-32-49)61(46-50-33-41-59(42-34-50)62(57-27-15-5-16-28-57)58-29-17-6-18-30-58)55-39-37-54(38-40-55)60(52-25-13-4-14-26-52)45-48-21-9-2-10-22-48/h1-43,60-61H,44-46H2/b56-43+. The third-order valence-corrected chi connectivity index (χ3v) is 12.0. The summed E-state index contributed by atoms with van der Waals surface area (Å²) in [7, 11) is 0. The molecule has 0 bridgehead atoms. The lowest BCUT2D eigenvalue weighted by atomic mass is 9.82. The average molecular weight is 798 g/mol. The molecule has 2 atom stereocenters. The van der Waals surface area contributed by atoms with Crippen LogP contribution in [0, 0.1) is 0 Å². The normalized spacial score (nSPS) is 12.4. The number of para-hydroxylation sites is 2. The Hall–Kier alpha value is -7.48. The lowest BCUT2D eigenvalue weighted by Gasteiger charge is -2.26. The van der Waals surface area contributed by atoms with E-state index in [1.54, 1.807) is 0 Å². The molecule has 0 aliphatic heterocycles. The molecule has 62 heavy (non-hydrogen) atoms. The van der Waals surface area contributed by atoms with Gasteiger partial charge in [0.15, 0.2) is 0 Å². The van der Waals surface area contributed by atoms with Gasteiger partial charge in [-0.05, 0) is 111 Å². The van der Waals surface area contributed by atoms with Crippen LogP contribution in [0.4, 0.5) is 17.1 Å². The monoisotopic (exact) mass is 797 g/mol. The van der Waals surface area contributed by atoms with Crippen molar-refractivity contribution >= 4 is 28.7 Å². The molecule has 0 fully saturated rings. The van der Waals surface area contributed by atoms with Gasteiger partial charge in [0.05, 0.1) is 0 Å². The summed E-state index contributed by atoms with van der Waals surface area (Å²) in [5, 5.41) is 0. The number of allylic oxidation sites excluding steroid dienone is 1. The Morgan fingerprint density at radius 2 is 0.677 bits per heavy atom. The lowest BCUT2D eigenvalue weighted by molar-refractivity contribution is 0.788. The molecule has 1 nitrogen and oxygen atoms in total. The predicted octanol–water partition coefficient (Wildman–Crippen LogP) is 15.7. The summed E-state index contributed by atoms with van der Waals surface area (Å²) in [4.78, 5) is 2.33. The summed E-state index contributed by atoms with van der Waals surface area (Å²) < 4.78 is 0. The van der Waals surface area contributed by atoms with Crippen LogP contribution in [0.3, 0.4) is 0 Å². The zero-order valence-electron chi connectivity index (χ0n) is 35.0. The second kappa shape index (κ2) is 19.7. The summed E-state index contributed by atoms with van der Waals surface area (Å²) in [5.41, 5.74) is 16.4. The van der Waals surface area contributed by atoms with Crippen molar-refractivity contribution in [3.8, 4) is 0 Å². The van der Waals surface area contributed by atoms with Gasteiger partial charge < -0.3 is 4.90 Å². The van der Waals surface area contributed by atoms with Crippen LogP contribution < -0.4 is 4.90 Å². The zero-order valence-corrected chi connectivity index (χ0v) is 35.0. The van der Waals surface area contributed by atoms with Gasteiger partial charge in [0, 0.05) is 28.9 Å². The average Bonchev–Trinajstić information content (AvgIpc) is 3.35. The minimum atomic E-state index is 0.168. The topological polar surface area (TPSA) is 3.24 Å². The third kappa shape index (κ3) is 9.92. The molecule has 9 aromatic carbocycles. The molecule has 0 saturated carbocycles. The molecule has 0 N–H and O–H groups in total. The van der Waals surface area contributed by atoms with Gasteiger partial charge in [0.1, 0.15) is 0 Å². The van der Waals surface area contributed by atoms with Gasteiger partial charge >= 0.3 is 0 Å². The summed E-state index contributed by atoms with van der Waals surface area (Å²) in [6.07, 6.45) is 5.01. The minimum Gasteiger partial charge on any atom is -0.311 e. The van der Waals surface area contributed by atoms with Crippen molar-refractivity contribution < 1.29 is 0 Å². The van der Waals surface area contributed by atoms with E-state index in [0.29, 0.717) is 0 Å². The first-order chi connectivity index (χ1) is 30.7. The van der Waals surface area contributed by atoms with Crippen LogP contribution in [0.2, 0.25) is 0 Å². The molecule has 0 saturated heterocycles. The van der Waals surface area contributed by atoms with Gasteiger partial charge in [-0.15, -0.1) is 0 Å². The Kier molecular flexibility index (Phi) is 12.7. The van der Waals surface area contributed by atoms with Crippen LogP contribution >= 0.6 is 0 Å². The van der Waals surface area contributed by atoms with Gasteiger partial charge in [0.25, 0.3) is 0 Å². The molecule has 1 heteroatoms. The maximum atomic E-state index is 2.38. The van der Waals surface area contributed by atoms with Crippen LogP contribution in [-0.4, -0.2) is 0 Å². The second-order valence-electron chi connectivity index (χ2n) is 16.1. The lowest BCUT2D eigenvalue weighted by Crippen LogP contribution is -2.10. The number of benzene rings is 9. The van der Waals surface area contributed by atoms with Crippen molar-refractivity contribution in [1.29, 1.82) is 0 Å². The molecule has 0 amide bonds. The van der Waals surface area contributed by atoms with E-state index in [9.17, 15) is 0 Å². The minimum absolute atomic E-state index is 0.168. The summed E-state index contributed by atoms with van der Waals surface area (Å²) >= 11 is 0. The van der Waals surface area contributed by atoms with Crippen molar-refractivity contribution in [2.45, 2.75) is 31.1 Å². The number of rotatable bonds is 15. The summed E-state index contributed by atoms with van der Waals surface area (Å²) in [5.74, 6) is 0.430. The molecule has 0 aromatic heterocycles. The Labute approximate surface area is 368 Å². The Balaban J connectivity index is 1.04. The number of hydrogen-bond acceptors (Lipinski definition) is 1. The molecule has 0 aliphatic carbocycles. The molecule has 9 rings (SSSR count). The first-order valence-electron chi connectivity index (χ1n) is 21.8. The summed E-state index contributed by atoms with van der Waals surface area (Å²) in [6.45, 7) is 0. The van der Waals surface area contributed by atoms with E-state index in [1.165, 1.54) is 55.6 Å². The number of hydrogen-bond donors (Lipinski definition) is 0. The number of anilines is 3. The van der Waals surface area contributed by atoms with E-state index in [0.717, 1.165) is 36.3 Å². The van der Waals surface area contributed by atoms with E-state index in [-0.39, 0.29) is 11.8 Å². The number of nitrogens with zero attached hydrogens (tertiary/aromatic N) is 1. The van der Waals surface area contributed by atoms with E-state index in [2.05, 4.69) is 266 Å². The molecular weight excluding hydrogens is 747 g/mol. The van der Waals surface area contributed by atoms with Crippen LogP contribution in [0.1, 0.15) is 61.9 Å². The van der Waals surface area contributed by atoms with Crippen molar-refractivity contribution in [1.82, 2.24) is 0 Å². The maximum Gasteiger partial charge on any atom is 0.0461 e. The highest BCUT2D eigenvalue weighted by atomic mass is 15.1. The maximum absolute atomic E-state index is 2.38. The smallest absolute Gasteiger partial charge is 0.0461 e. The fourth-order valence-corrected chi connectivity index (χ4v) is 8.70. The van der Waals surface area contributed by atoms with E-state index in [4.69, 9.17) is 0 Å². The molecule has 9 aromatic rings. The van der Waals surface area contributed by atoms with Gasteiger partial charge in [-0.1, -0.05) is 224 Å². The highest BCUT2D eigenvalue weighted by Crippen LogP contribution is 2.37. The van der Waals surface area contributed by atoms with Gasteiger partial charge in [-0.3, -0.25) is 0 Å². The van der Waals surface area contributed by atoms with Crippen molar-refractivity contribution in [3.05, 3.63) is 305 Å². The van der Waals surface area contributed by atoms with Crippen LogP contribution in [0.5, 0.6) is 0 Å². The van der Waals surface area contributed by atoms with Gasteiger partial charge in [0.2, 0.25) is 0 Å². The third-order valence-electron chi connectivity index (χ3n) is 12.0. The highest BCUT2D eigenvalue weighted by Gasteiger charge is 2.20. The fraction of sp³-hybridized carbons (Fsp3) is 0.0820. The molecule has 0 radical (unpaired) electrons. The van der Waals surface area contributed by atoms with Gasteiger partial charge in [-0.2, -0.15) is 0 Å². The molecule has 2 unspecified atom stereocenters. The van der Waals surface area contributed by atoms with Crippen LogP contribution in [-0.2, 0) is 19.3 Å². The highest BCUT2D eigenvalue weighted by molar-refractivity contribution is 5.82. The SMILES string of the molecule is C(=C(/Cc1ccc(C(Cc2ccc(N(c3ccccc3)c3ccccc3)cc2)c2ccc(C(Cc3ccccc3)c3ccccc3)cc2)cc1)c1ccccc1)/c1ccccc1. The first-order valence-corrected chi connectivity index (χ1v) is 21.8. The molecular formula is C61H51N. The molecule has 300 valence electrons. The summed E-state index contributed by atoms with van der Waals surface area (Å²) in [6, 6.07) is 92.6. The van der Waals surface area contributed by atoms with Crippen LogP contribution in [0.25, 0.3) is 11.6 Å². The fourth-order valence-electron chi connectivity index (χ4n) is 8.70. The van der Waals surface area contributed by atoms with Gasteiger partial charge in [-0.25, -0.2) is 0 Å². The van der Waals surface area contributed by atoms with E-state index < -0.39 is 0 Å². The quantitative estimate of drug-likeness (QED) is 0.0934. The first kappa shape index (κ1) is 40.0. The van der Waals surface area contributed by atoms with Crippen molar-refractivity contribution in [2.24, 2.45) is 0 Å². The molecule has 0 heterocycles. The van der Waals surface area contributed by atoms with E-state index >= 15 is 0 Å². The largest absolute Gasteiger partial charge is 0.311 e. The zero-order chi connectivity index (χ0) is 41.8. The molecule has 0 aliphatic rings. The Bertz CT molecular complexity index is 2710. The van der Waals surface area contributed by atoms with Crippen molar-refractivity contribution in [2.75, 3.05) is 4.90 Å². The predicted molar refractivity (Wildman–Crippen MR) is 262 cm³/mol. The van der Waals surface area contributed by atoms with Crippen molar-refractivity contribution in [3.63, 3.8) is 0 Å². The van der Waals surface area contributed by atoms with E-state index in [1.807, 2.05) is 0 Å².